The van der Waals surface area contributed by atoms with Gasteiger partial charge in [0.25, 0.3) is 0 Å². The number of hydrogen-bond acceptors (Lipinski definition) is 2. The van der Waals surface area contributed by atoms with Crippen molar-refractivity contribution in [3.63, 3.8) is 0 Å². The molecule has 46 heavy (non-hydrogen) atoms. The molecule has 0 unspecified atom stereocenters. The van der Waals surface area contributed by atoms with E-state index in [-0.39, 0.29) is 5.41 Å². The number of nitrogens with zero attached hydrogens (tertiary/aromatic N) is 1. The maximum absolute atomic E-state index is 6.51. The lowest BCUT2D eigenvalue weighted by atomic mass is 9.73. The van der Waals surface area contributed by atoms with Crippen LogP contribution < -0.4 is 4.90 Å². The molecule has 0 fully saturated rings. The van der Waals surface area contributed by atoms with Crippen molar-refractivity contribution in [3.05, 3.63) is 187 Å². The average Bonchev–Trinajstić information content (AvgIpc) is 3.63. The molecule has 2 nitrogen and oxygen atoms in total. The molecule has 1 aromatic heterocycles. The minimum Gasteiger partial charge on any atom is -0.456 e. The van der Waals surface area contributed by atoms with Crippen molar-refractivity contribution in [3.8, 4) is 22.3 Å². The third-order valence-corrected chi connectivity index (χ3v) is 9.74. The molecular formula is C44H31NO. The molecule has 2 heteroatoms. The quantitative estimate of drug-likeness (QED) is 0.199. The molecule has 0 bridgehead atoms. The summed E-state index contributed by atoms with van der Waals surface area (Å²) in [5.74, 6) is 0. The lowest BCUT2D eigenvalue weighted by Gasteiger charge is -2.29. The van der Waals surface area contributed by atoms with Crippen LogP contribution in [0, 0.1) is 0 Å². The van der Waals surface area contributed by atoms with Crippen LogP contribution in [-0.2, 0) is 5.41 Å². The zero-order valence-corrected chi connectivity index (χ0v) is 25.5. The van der Waals surface area contributed by atoms with Crippen LogP contribution in [0.3, 0.4) is 0 Å². The fourth-order valence-corrected chi connectivity index (χ4v) is 7.57. The second kappa shape index (κ2) is 10.4. The number of hydrogen-bond donors (Lipinski definition) is 0. The van der Waals surface area contributed by atoms with Gasteiger partial charge in [0, 0.05) is 33.2 Å². The third kappa shape index (κ3) is 3.97. The van der Waals surface area contributed by atoms with Crippen LogP contribution in [0.2, 0.25) is 0 Å². The SMILES string of the molecule is CC1(c2cccc3oc4ccc(-c5ccc(N(c6ccccc6)c6ccccc6)cc5)cc4c23)c2ccccc2-c2ccccc21. The highest BCUT2D eigenvalue weighted by Gasteiger charge is 2.41. The normalized spacial score (nSPS) is 13.1. The number of para-hydroxylation sites is 2. The Hall–Kier alpha value is -5.86. The van der Waals surface area contributed by atoms with E-state index in [0.717, 1.165) is 33.6 Å². The molecule has 1 aliphatic rings. The smallest absolute Gasteiger partial charge is 0.135 e. The average molecular weight is 590 g/mol. The summed E-state index contributed by atoms with van der Waals surface area (Å²) in [4.78, 5) is 2.29. The Morgan fingerprint density at radius 1 is 0.435 bits per heavy atom. The number of rotatable bonds is 5. The minimum absolute atomic E-state index is 0.306. The molecule has 0 aliphatic heterocycles. The van der Waals surface area contributed by atoms with Crippen LogP contribution in [0.25, 0.3) is 44.2 Å². The van der Waals surface area contributed by atoms with E-state index in [1.165, 1.54) is 44.3 Å². The molecule has 0 N–H and O–H groups in total. The first-order valence-electron chi connectivity index (χ1n) is 15.9. The molecule has 0 spiro atoms. The minimum atomic E-state index is -0.306. The van der Waals surface area contributed by atoms with E-state index in [1.54, 1.807) is 0 Å². The fraction of sp³-hybridized carbons (Fsp3) is 0.0455. The van der Waals surface area contributed by atoms with Gasteiger partial charge in [-0.3, -0.25) is 0 Å². The van der Waals surface area contributed by atoms with Crippen LogP contribution in [0.5, 0.6) is 0 Å². The van der Waals surface area contributed by atoms with Crippen LogP contribution in [0.15, 0.2) is 174 Å². The predicted octanol–water partition coefficient (Wildman–Crippen LogP) is 12.1. The molecule has 0 saturated carbocycles. The Balaban J connectivity index is 1.18. The number of anilines is 3. The zero-order valence-electron chi connectivity index (χ0n) is 25.5. The van der Waals surface area contributed by atoms with E-state index in [4.69, 9.17) is 4.42 Å². The van der Waals surface area contributed by atoms with Crippen molar-refractivity contribution >= 4 is 39.0 Å². The van der Waals surface area contributed by atoms with Crippen LogP contribution in [0.4, 0.5) is 17.1 Å². The van der Waals surface area contributed by atoms with Gasteiger partial charge in [0.1, 0.15) is 11.2 Å². The van der Waals surface area contributed by atoms with Gasteiger partial charge in [-0.1, -0.05) is 115 Å². The second-order valence-corrected chi connectivity index (χ2v) is 12.3. The molecule has 7 aromatic carbocycles. The van der Waals surface area contributed by atoms with Gasteiger partial charge in [0.05, 0.1) is 0 Å². The van der Waals surface area contributed by atoms with Gasteiger partial charge in [-0.2, -0.15) is 0 Å². The number of benzene rings is 7. The fourth-order valence-electron chi connectivity index (χ4n) is 7.57. The van der Waals surface area contributed by atoms with Gasteiger partial charge in [-0.05, 0) is 100 Å². The first-order chi connectivity index (χ1) is 22.7. The molecule has 8 aromatic rings. The zero-order chi connectivity index (χ0) is 30.7. The van der Waals surface area contributed by atoms with Crippen molar-refractivity contribution < 1.29 is 4.42 Å². The highest BCUT2D eigenvalue weighted by atomic mass is 16.3. The molecular weight excluding hydrogens is 558 g/mol. The van der Waals surface area contributed by atoms with Gasteiger partial charge < -0.3 is 9.32 Å². The summed E-state index contributed by atoms with van der Waals surface area (Å²) in [6, 6.07) is 60.8. The van der Waals surface area contributed by atoms with Gasteiger partial charge in [-0.25, -0.2) is 0 Å². The molecule has 1 aliphatic carbocycles. The van der Waals surface area contributed by atoms with E-state index < -0.39 is 0 Å². The van der Waals surface area contributed by atoms with Crippen LogP contribution in [-0.4, -0.2) is 0 Å². The molecule has 1 heterocycles. The van der Waals surface area contributed by atoms with E-state index in [2.05, 4.69) is 182 Å². The van der Waals surface area contributed by atoms with E-state index in [1.807, 2.05) is 0 Å². The Morgan fingerprint density at radius 3 is 1.59 bits per heavy atom. The first kappa shape index (κ1) is 26.5. The lowest BCUT2D eigenvalue weighted by Crippen LogP contribution is -2.22. The highest BCUT2D eigenvalue weighted by Crippen LogP contribution is 2.54. The van der Waals surface area contributed by atoms with Gasteiger partial charge >= 0.3 is 0 Å². The van der Waals surface area contributed by atoms with Crippen LogP contribution in [0.1, 0.15) is 23.6 Å². The second-order valence-electron chi connectivity index (χ2n) is 12.3. The predicted molar refractivity (Wildman–Crippen MR) is 191 cm³/mol. The van der Waals surface area contributed by atoms with E-state index in [9.17, 15) is 0 Å². The molecule has 218 valence electrons. The number of fused-ring (bicyclic) bond motifs is 6. The largest absolute Gasteiger partial charge is 0.456 e. The van der Waals surface area contributed by atoms with Crippen LogP contribution >= 0.6 is 0 Å². The first-order valence-corrected chi connectivity index (χ1v) is 15.9. The molecule has 9 rings (SSSR count). The summed E-state index contributed by atoms with van der Waals surface area (Å²) < 4.78 is 6.51. The maximum atomic E-state index is 6.51. The molecule has 0 atom stereocenters. The summed E-state index contributed by atoms with van der Waals surface area (Å²) in [7, 11) is 0. The van der Waals surface area contributed by atoms with E-state index >= 15 is 0 Å². The van der Waals surface area contributed by atoms with E-state index in [0.29, 0.717) is 0 Å². The van der Waals surface area contributed by atoms with Gasteiger partial charge in [0.15, 0.2) is 0 Å². The maximum Gasteiger partial charge on any atom is 0.135 e. The summed E-state index contributed by atoms with van der Waals surface area (Å²) in [5, 5.41) is 2.33. The Kier molecular flexibility index (Phi) is 5.97. The van der Waals surface area contributed by atoms with Crippen molar-refractivity contribution in [2.45, 2.75) is 12.3 Å². The highest BCUT2D eigenvalue weighted by molar-refractivity contribution is 6.09. The standard InChI is InChI=1S/C44H31NO/c1-44(38-19-10-8-17-35(38)36-18-9-11-20-39(36)44)40-21-12-22-42-43(40)37-29-31(25-28-41(37)46-42)30-23-26-34(27-24-30)45(32-13-4-2-5-14-32)33-15-6-3-7-16-33/h2-29H,1H3. The molecule has 0 radical (unpaired) electrons. The third-order valence-electron chi connectivity index (χ3n) is 9.74. The van der Waals surface area contributed by atoms with Gasteiger partial charge in [-0.15, -0.1) is 0 Å². The van der Waals surface area contributed by atoms with Crippen molar-refractivity contribution in [2.75, 3.05) is 4.90 Å². The summed E-state index contributed by atoms with van der Waals surface area (Å²) in [6.07, 6.45) is 0. The molecule has 0 amide bonds. The topological polar surface area (TPSA) is 16.4 Å². The molecule has 0 saturated heterocycles. The Bertz CT molecular complexity index is 2280. The summed E-state index contributed by atoms with van der Waals surface area (Å²) >= 11 is 0. The van der Waals surface area contributed by atoms with Crippen molar-refractivity contribution in [2.24, 2.45) is 0 Å². The summed E-state index contributed by atoms with van der Waals surface area (Å²) in [6.45, 7) is 2.37. The Labute approximate surface area is 268 Å². The monoisotopic (exact) mass is 589 g/mol. The van der Waals surface area contributed by atoms with Gasteiger partial charge in [0.2, 0.25) is 0 Å². The Morgan fingerprint density at radius 2 is 0.957 bits per heavy atom. The van der Waals surface area contributed by atoms with Crippen molar-refractivity contribution in [1.82, 2.24) is 0 Å². The number of furan rings is 1. The summed E-state index contributed by atoms with van der Waals surface area (Å²) in [5.41, 5.74) is 13.8. The van der Waals surface area contributed by atoms with Crippen molar-refractivity contribution in [1.29, 1.82) is 0 Å². The lowest BCUT2D eigenvalue weighted by molar-refractivity contribution is 0.666.